The molecule has 1 amide bonds. The Bertz CT molecular complexity index is 683. The molecule has 24 heavy (non-hydrogen) atoms. The fourth-order valence-corrected chi connectivity index (χ4v) is 2.80. The van der Waals surface area contributed by atoms with Gasteiger partial charge in [-0.05, 0) is 36.6 Å². The van der Waals surface area contributed by atoms with Gasteiger partial charge >= 0.3 is 0 Å². The molecule has 2 aromatic rings. The second kappa shape index (κ2) is 7.47. The van der Waals surface area contributed by atoms with Crippen molar-refractivity contribution < 1.29 is 9.53 Å². The minimum Gasteiger partial charge on any atom is -0.497 e. The molecule has 2 atom stereocenters. The molecule has 5 nitrogen and oxygen atoms in total. The number of methoxy groups -OCH3 is 1. The van der Waals surface area contributed by atoms with E-state index in [4.69, 9.17) is 4.74 Å². The molecular weight excluding hydrogens is 302 g/mol. The van der Waals surface area contributed by atoms with Crippen LogP contribution in [0.25, 0.3) is 0 Å². The highest BCUT2D eigenvalue weighted by Crippen LogP contribution is 2.24. The van der Waals surface area contributed by atoms with Crippen LogP contribution in [0.15, 0.2) is 48.5 Å². The number of carbonyl (C=O) groups is 1. The third-order valence-electron chi connectivity index (χ3n) is 4.33. The van der Waals surface area contributed by atoms with Crippen molar-refractivity contribution in [3.05, 3.63) is 65.2 Å². The number of ether oxygens (including phenoxy) is 1. The third-order valence-corrected chi connectivity index (χ3v) is 4.33. The molecule has 1 aliphatic rings. The Morgan fingerprint density at radius 2 is 1.83 bits per heavy atom. The van der Waals surface area contributed by atoms with E-state index in [0.717, 1.165) is 16.9 Å². The first-order valence-corrected chi connectivity index (χ1v) is 8.14. The molecule has 3 rings (SSSR count). The molecule has 0 radical (unpaired) electrons. The topological polar surface area (TPSA) is 62.4 Å². The quantitative estimate of drug-likeness (QED) is 0.789. The first-order chi connectivity index (χ1) is 11.7. The number of aryl methyl sites for hydroxylation is 1. The number of hydrogen-bond acceptors (Lipinski definition) is 4. The molecule has 2 aromatic carbocycles. The summed E-state index contributed by atoms with van der Waals surface area (Å²) in [4.78, 5) is 12.3. The van der Waals surface area contributed by atoms with E-state index in [1.807, 2.05) is 36.4 Å². The normalized spacial score (nSPS) is 19.9. The van der Waals surface area contributed by atoms with Gasteiger partial charge in [0.05, 0.1) is 7.11 Å². The fraction of sp³-hybridized carbons (Fsp3) is 0.316. The number of rotatable bonds is 5. The van der Waals surface area contributed by atoms with Crippen molar-refractivity contribution >= 4 is 5.91 Å². The summed E-state index contributed by atoms with van der Waals surface area (Å²) in [5.74, 6) is 0.844. The Morgan fingerprint density at radius 1 is 1.12 bits per heavy atom. The number of hydrogen-bond donors (Lipinski definition) is 3. The molecule has 0 spiro atoms. The predicted octanol–water partition coefficient (Wildman–Crippen LogP) is 2.23. The van der Waals surface area contributed by atoms with Crippen LogP contribution in [0.4, 0.5) is 0 Å². The highest BCUT2D eigenvalue weighted by molar-refractivity contribution is 5.82. The van der Waals surface area contributed by atoms with Crippen LogP contribution in [0.3, 0.4) is 0 Å². The second-order valence-corrected chi connectivity index (χ2v) is 6.11. The van der Waals surface area contributed by atoms with E-state index in [2.05, 4.69) is 35.2 Å². The van der Waals surface area contributed by atoms with Gasteiger partial charge < -0.3 is 10.1 Å². The van der Waals surface area contributed by atoms with Gasteiger partial charge in [-0.15, -0.1) is 0 Å². The predicted molar refractivity (Wildman–Crippen MR) is 93.4 cm³/mol. The van der Waals surface area contributed by atoms with Gasteiger partial charge in [-0.3, -0.25) is 4.79 Å². The van der Waals surface area contributed by atoms with Crippen molar-refractivity contribution in [1.82, 2.24) is 16.2 Å². The molecule has 2 unspecified atom stereocenters. The Labute approximate surface area is 142 Å². The summed E-state index contributed by atoms with van der Waals surface area (Å²) in [6.07, 6.45) is 0.714. The third kappa shape index (κ3) is 3.93. The van der Waals surface area contributed by atoms with E-state index in [0.29, 0.717) is 13.0 Å². The van der Waals surface area contributed by atoms with Crippen LogP contribution >= 0.6 is 0 Å². The number of hydrazine groups is 1. The van der Waals surface area contributed by atoms with E-state index >= 15 is 0 Å². The molecular formula is C19H23N3O2. The van der Waals surface area contributed by atoms with Crippen molar-refractivity contribution in [2.24, 2.45) is 0 Å². The van der Waals surface area contributed by atoms with Crippen molar-refractivity contribution in [1.29, 1.82) is 0 Å². The number of carbonyl (C=O) groups excluding carboxylic acids is 1. The number of amides is 1. The largest absolute Gasteiger partial charge is 0.497 e. The number of nitrogens with one attached hydrogen (secondary N) is 3. The van der Waals surface area contributed by atoms with Gasteiger partial charge in [0.25, 0.3) is 0 Å². The van der Waals surface area contributed by atoms with E-state index < -0.39 is 0 Å². The molecule has 1 saturated heterocycles. The molecule has 126 valence electrons. The lowest BCUT2D eigenvalue weighted by atomic mass is 10.0. The Kier molecular flexibility index (Phi) is 5.13. The van der Waals surface area contributed by atoms with Crippen LogP contribution in [0.5, 0.6) is 5.75 Å². The molecule has 0 bridgehead atoms. The summed E-state index contributed by atoms with van der Waals surface area (Å²) in [7, 11) is 1.65. The van der Waals surface area contributed by atoms with Gasteiger partial charge in [0, 0.05) is 12.6 Å². The van der Waals surface area contributed by atoms with E-state index in [1.165, 1.54) is 5.56 Å². The maximum absolute atomic E-state index is 12.3. The molecule has 1 heterocycles. The minimum absolute atomic E-state index is 0.0130. The highest BCUT2D eigenvalue weighted by atomic mass is 16.5. The summed E-state index contributed by atoms with van der Waals surface area (Å²) in [6, 6.07) is 16.0. The maximum atomic E-state index is 12.3. The van der Waals surface area contributed by atoms with Crippen molar-refractivity contribution in [2.75, 3.05) is 7.11 Å². The standard InChI is InChI=1S/C19H23N3O2/c1-13-3-5-14(6-4-13)12-20-19(23)18-11-17(21-22-18)15-7-9-16(24-2)10-8-15/h3-10,17-18,21-22H,11-12H2,1-2H3,(H,20,23). The zero-order valence-electron chi connectivity index (χ0n) is 14.0. The maximum Gasteiger partial charge on any atom is 0.238 e. The fourth-order valence-electron chi connectivity index (χ4n) is 2.80. The van der Waals surface area contributed by atoms with Gasteiger partial charge in [-0.2, -0.15) is 0 Å². The summed E-state index contributed by atoms with van der Waals surface area (Å²) >= 11 is 0. The Hall–Kier alpha value is -2.37. The van der Waals surface area contributed by atoms with Gasteiger partial charge in [-0.25, -0.2) is 10.9 Å². The first-order valence-electron chi connectivity index (χ1n) is 8.14. The molecule has 5 heteroatoms. The van der Waals surface area contributed by atoms with Crippen LogP contribution in [0.1, 0.15) is 29.2 Å². The Balaban J connectivity index is 1.52. The van der Waals surface area contributed by atoms with Crippen LogP contribution in [0.2, 0.25) is 0 Å². The molecule has 1 aliphatic heterocycles. The van der Waals surface area contributed by atoms with Crippen molar-refractivity contribution in [3.63, 3.8) is 0 Å². The van der Waals surface area contributed by atoms with E-state index in [1.54, 1.807) is 7.11 Å². The van der Waals surface area contributed by atoms with Gasteiger partial charge in [0.1, 0.15) is 11.8 Å². The summed E-state index contributed by atoms with van der Waals surface area (Å²) in [5, 5.41) is 2.99. The van der Waals surface area contributed by atoms with E-state index in [9.17, 15) is 4.79 Å². The first kappa shape index (κ1) is 16.5. The van der Waals surface area contributed by atoms with Crippen LogP contribution in [-0.2, 0) is 11.3 Å². The van der Waals surface area contributed by atoms with Crippen LogP contribution < -0.4 is 20.9 Å². The minimum atomic E-state index is -0.234. The smallest absolute Gasteiger partial charge is 0.238 e. The molecule has 1 fully saturated rings. The lowest BCUT2D eigenvalue weighted by Gasteiger charge is -2.11. The summed E-state index contributed by atoms with van der Waals surface area (Å²) in [6.45, 7) is 2.60. The second-order valence-electron chi connectivity index (χ2n) is 6.11. The van der Waals surface area contributed by atoms with Crippen LogP contribution in [-0.4, -0.2) is 19.1 Å². The lowest BCUT2D eigenvalue weighted by molar-refractivity contribution is -0.123. The van der Waals surface area contributed by atoms with Gasteiger partial charge in [-0.1, -0.05) is 42.0 Å². The average molecular weight is 325 g/mol. The monoisotopic (exact) mass is 325 g/mol. The average Bonchev–Trinajstić information content (AvgIpc) is 3.11. The van der Waals surface area contributed by atoms with Crippen molar-refractivity contribution in [3.8, 4) is 5.75 Å². The lowest BCUT2D eigenvalue weighted by Crippen LogP contribution is -2.42. The Morgan fingerprint density at radius 3 is 2.50 bits per heavy atom. The molecule has 0 aliphatic carbocycles. The van der Waals surface area contributed by atoms with Gasteiger partial charge in [0.15, 0.2) is 0 Å². The summed E-state index contributed by atoms with van der Waals surface area (Å²) in [5.41, 5.74) is 9.74. The molecule has 0 saturated carbocycles. The van der Waals surface area contributed by atoms with E-state index in [-0.39, 0.29) is 18.0 Å². The zero-order chi connectivity index (χ0) is 16.9. The highest BCUT2D eigenvalue weighted by Gasteiger charge is 2.29. The number of benzene rings is 2. The van der Waals surface area contributed by atoms with Crippen LogP contribution in [0, 0.1) is 6.92 Å². The van der Waals surface area contributed by atoms with Gasteiger partial charge in [0.2, 0.25) is 5.91 Å². The molecule has 0 aromatic heterocycles. The summed E-state index contributed by atoms with van der Waals surface area (Å²) < 4.78 is 5.17. The molecule has 3 N–H and O–H groups in total. The van der Waals surface area contributed by atoms with Crippen molar-refractivity contribution in [2.45, 2.75) is 32.0 Å². The SMILES string of the molecule is COc1ccc(C2CC(C(=O)NCc3ccc(C)cc3)NN2)cc1. The zero-order valence-corrected chi connectivity index (χ0v) is 14.0.